The highest BCUT2D eigenvalue weighted by atomic mass is 19.1. The molecule has 0 amide bonds. The Morgan fingerprint density at radius 2 is 2.00 bits per heavy atom. The molecule has 0 spiro atoms. The van der Waals surface area contributed by atoms with E-state index >= 15 is 0 Å². The molecule has 5 rings (SSSR count). The van der Waals surface area contributed by atoms with E-state index in [4.69, 9.17) is 5.26 Å². The van der Waals surface area contributed by atoms with Gasteiger partial charge in [-0.1, -0.05) is 19.9 Å². The number of benzene rings is 1. The highest BCUT2D eigenvalue weighted by Gasteiger charge is 2.33. The molecule has 0 aliphatic carbocycles. The number of phenols is 1. The Kier molecular flexibility index (Phi) is 8.81. The molecule has 0 saturated carbocycles. The second-order valence-electron chi connectivity index (χ2n) is 9.56. The molecule has 204 valence electrons. The van der Waals surface area contributed by atoms with Crippen LogP contribution in [0.5, 0.6) is 5.75 Å². The first kappa shape index (κ1) is 27.3. The van der Waals surface area contributed by atoms with E-state index in [-0.39, 0.29) is 29.7 Å². The fraction of sp³-hybridized carbons (Fsp3) is 0.538. The number of aliphatic imine (C=N–C) groups is 1. The zero-order valence-electron chi connectivity index (χ0n) is 22.2. The van der Waals surface area contributed by atoms with Gasteiger partial charge in [-0.25, -0.2) is 14.4 Å². The maximum absolute atomic E-state index is 14.1. The minimum Gasteiger partial charge on any atom is -0.508 e. The Hall–Kier alpha value is -3.69. The van der Waals surface area contributed by atoms with E-state index < -0.39 is 0 Å². The molecular weight excluding hydrogens is 489 g/mol. The molecule has 1 unspecified atom stereocenters. The van der Waals surface area contributed by atoms with Crippen LogP contribution in [0.2, 0.25) is 0 Å². The van der Waals surface area contributed by atoms with Gasteiger partial charge in [-0.05, 0) is 38.9 Å². The maximum Gasteiger partial charge on any atom is 0.291 e. The van der Waals surface area contributed by atoms with E-state index in [2.05, 4.69) is 42.3 Å². The van der Waals surface area contributed by atoms with Gasteiger partial charge in [0.1, 0.15) is 11.6 Å². The van der Waals surface area contributed by atoms with Crippen LogP contribution in [-0.2, 0) is 13.1 Å². The highest BCUT2D eigenvalue weighted by Crippen LogP contribution is 2.26. The smallest absolute Gasteiger partial charge is 0.291 e. The molecule has 2 fully saturated rings. The number of piperazine rings is 1. The number of H-pyrrole nitrogens is 1. The van der Waals surface area contributed by atoms with E-state index in [0.717, 1.165) is 38.5 Å². The molecule has 38 heavy (non-hydrogen) atoms. The Morgan fingerprint density at radius 1 is 1.24 bits per heavy atom. The van der Waals surface area contributed by atoms with Gasteiger partial charge in [0.25, 0.3) is 5.56 Å². The summed E-state index contributed by atoms with van der Waals surface area (Å²) in [6.45, 7) is 10.9. The van der Waals surface area contributed by atoms with Gasteiger partial charge in [0.05, 0.1) is 12.2 Å². The van der Waals surface area contributed by atoms with Crippen LogP contribution in [0.25, 0.3) is 0 Å². The Balaban J connectivity index is 0.00000164. The van der Waals surface area contributed by atoms with Gasteiger partial charge in [0.15, 0.2) is 17.8 Å². The minimum atomic E-state index is -0.368. The van der Waals surface area contributed by atoms with E-state index in [1.54, 1.807) is 6.07 Å². The minimum absolute atomic E-state index is 0.0541. The third kappa shape index (κ3) is 6.06. The van der Waals surface area contributed by atoms with Crippen molar-refractivity contribution < 1.29 is 9.50 Å². The number of hydrogen-bond acceptors (Lipinski definition) is 10. The molecule has 4 N–H and O–H groups in total. The maximum atomic E-state index is 14.1. The number of guanidine groups is 1. The lowest BCUT2D eigenvalue weighted by molar-refractivity contribution is 0.0686. The van der Waals surface area contributed by atoms with Crippen molar-refractivity contribution in [2.45, 2.75) is 58.8 Å². The highest BCUT2D eigenvalue weighted by molar-refractivity contribution is 5.95. The monoisotopic (exact) mass is 525 g/mol. The number of likely N-dealkylation sites (tertiary alicyclic amines) is 1. The topological polar surface area (TPSA) is 136 Å². The number of anilines is 2. The first-order valence-corrected chi connectivity index (χ1v) is 13.2. The lowest BCUT2D eigenvalue weighted by Crippen LogP contribution is -2.58. The summed E-state index contributed by atoms with van der Waals surface area (Å²) in [6.07, 6.45) is 3.83. The number of aromatic amines is 1. The van der Waals surface area contributed by atoms with Crippen molar-refractivity contribution in [3.8, 4) is 11.9 Å². The summed E-state index contributed by atoms with van der Waals surface area (Å²) in [5, 5.41) is 23.7. The Bertz CT molecular complexity index is 1250. The number of nitrogens with one attached hydrogen (secondary N) is 3. The molecular formula is C26H36FN9O2. The predicted molar refractivity (Wildman–Crippen MR) is 144 cm³/mol. The van der Waals surface area contributed by atoms with Gasteiger partial charge >= 0.3 is 0 Å². The van der Waals surface area contributed by atoms with Gasteiger partial charge in [-0.15, -0.1) is 0 Å². The largest absolute Gasteiger partial charge is 0.508 e. The Morgan fingerprint density at radius 3 is 2.68 bits per heavy atom. The van der Waals surface area contributed by atoms with Gasteiger partial charge in [0.2, 0.25) is 5.96 Å². The zero-order valence-corrected chi connectivity index (χ0v) is 22.2. The van der Waals surface area contributed by atoms with Crippen molar-refractivity contribution in [2.75, 3.05) is 42.9 Å². The predicted octanol–water partition coefficient (Wildman–Crippen LogP) is 2.17. The van der Waals surface area contributed by atoms with Crippen molar-refractivity contribution in [3.63, 3.8) is 0 Å². The van der Waals surface area contributed by atoms with Crippen LogP contribution < -0.4 is 21.1 Å². The van der Waals surface area contributed by atoms with Crippen molar-refractivity contribution in [1.29, 1.82) is 5.26 Å². The summed E-state index contributed by atoms with van der Waals surface area (Å²) in [7, 11) is 0. The van der Waals surface area contributed by atoms with Crippen LogP contribution >= 0.6 is 0 Å². The van der Waals surface area contributed by atoms with Crippen LogP contribution in [0, 0.1) is 17.3 Å². The van der Waals surface area contributed by atoms with E-state index in [1.807, 2.05) is 24.9 Å². The molecule has 1 aromatic heterocycles. The number of phenolic OH excluding ortho intramolecular Hbond substituents is 1. The van der Waals surface area contributed by atoms with Crippen molar-refractivity contribution >= 4 is 17.6 Å². The average molecular weight is 526 g/mol. The van der Waals surface area contributed by atoms with Crippen LogP contribution in [0.1, 0.15) is 44.9 Å². The van der Waals surface area contributed by atoms with Crippen LogP contribution in [-0.4, -0.2) is 75.6 Å². The number of aromatic nitrogens is 2. The summed E-state index contributed by atoms with van der Waals surface area (Å²) in [5.74, 6) is 0.768. The van der Waals surface area contributed by atoms with E-state index in [9.17, 15) is 14.3 Å². The first-order valence-electron chi connectivity index (χ1n) is 13.2. The number of rotatable bonds is 4. The van der Waals surface area contributed by atoms with Gasteiger partial charge in [-0.2, -0.15) is 5.26 Å². The lowest BCUT2D eigenvalue weighted by atomic mass is 9.99. The zero-order chi connectivity index (χ0) is 27.2. The molecule has 11 nitrogen and oxygen atoms in total. The molecule has 12 heteroatoms. The summed E-state index contributed by atoms with van der Waals surface area (Å²) in [4.78, 5) is 31.2. The number of piperidine rings is 1. The van der Waals surface area contributed by atoms with Crippen molar-refractivity contribution in [3.05, 3.63) is 45.6 Å². The molecule has 3 aliphatic rings. The molecule has 2 saturated heterocycles. The fourth-order valence-corrected chi connectivity index (χ4v) is 5.36. The molecule has 2 aromatic rings. The molecule has 1 aromatic carbocycles. The average Bonchev–Trinajstić information content (AvgIpc) is 2.92. The van der Waals surface area contributed by atoms with Crippen LogP contribution in [0.15, 0.2) is 28.0 Å². The first-order chi connectivity index (χ1) is 18.4. The van der Waals surface area contributed by atoms with Gasteiger partial charge in [0, 0.05) is 49.9 Å². The van der Waals surface area contributed by atoms with Gasteiger partial charge in [-0.3, -0.25) is 19.9 Å². The molecule has 0 bridgehead atoms. The van der Waals surface area contributed by atoms with Crippen LogP contribution in [0.4, 0.5) is 16.0 Å². The molecule has 4 heterocycles. The molecule has 1 atom stereocenters. The number of aromatic hydroxyl groups is 1. The summed E-state index contributed by atoms with van der Waals surface area (Å²) in [5.41, 5.74) is 0.961. The van der Waals surface area contributed by atoms with Crippen molar-refractivity contribution in [2.24, 2.45) is 4.99 Å². The number of halogens is 1. The number of nitrogens with zero attached hydrogens (tertiary/aromatic N) is 6. The second kappa shape index (κ2) is 12.2. The molecule has 3 aliphatic heterocycles. The summed E-state index contributed by atoms with van der Waals surface area (Å²) < 4.78 is 14.1. The Labute approximate surface area is 222 Å². The molecule has 0 radical (unpaired) electrons. The quantitative estimate of drug-likeness (QED) is 0.350. The number of hydrogen-bond donors (Lipinski definition) is 4. The second-order valence-corrected chi connectivity index (χ2v) is 9.56. The fourth-order valence-electron chi connectivity index (χ4n) is 5.36. The lowest BCUT2D eigenvalue weighted by Gasteiger charge is -2.46. The van der Waals surface area contributed by atoms with E-state index in [1.165, 1.54) is 6.07 Å². The summed E-state index contributed by atoms with van der Waals surface area (Å²) in [6, 6.07) is 5.03. The summed E-state index contributed by atoms with van der Waals surface area (Å²) >= 11 is 0. The standard InChI is InChI=1S/C24H30FN9O2.C2H6/c1-15-12-33(22-23(36)29-20-11-27-24(28-14-26)31-21(20)30-22)8-9-34(15)17-4-6-32(7-5-17)13-16-2-3-18(35)10-19(16)25;1-2/h2-3,10,15,17,35H,4-9,11-13H2,1H3,(H,29,36)(H2,27,28,30,31);1-2H3. The third-order valence-electron chi connectivity index (χ3n) is 7.21. The van der Waals surface area contributed by atoms with Gasteiger partial charge < -0.3 is 20.3 Å². The van der Waals surface area contributed by atoms with Crippen LogP contribution in [0.3, 0.4) is 0 Å². The SMILES string of the molecule is CC.CC1CN(c2nc3c([nH]c2=O)CN=C(NC#N)N3)CCN1C1CCN(Cc2ccc(O)cc2F)CC1. The van der Waals surface area contributed by atoms with E-state index in [0.29, 0.717) is 54.5 Å². The third-order valence-corrected chi connectivity index (χ3v) is 7.21. The van der Waals surface area contributed by atoms with Crippen molar-refractivity contribution in [1.82, 2.24) is 25.1 Å². The number of nitriles is 1. The number of fused-ring (bicyclic) bond motifs is 1. The normalized spacial score (nSPS) is 20.3.